The Labute approximate surface area is 104 Å². The first-order chi connectivity index (χ1) is 8.68. The van der Waals surface area contributed by atoms with Crippen molar-refractivity contribution in [2.45, 2.75) is 13.3 Å². The van der Waals surface area contributed by atoms with Crippen LogP contribution < -0.4 is 5.32 Å². The van der Waals surface area contributed by atoms with Gasteiger partial charge in [-0.2, -0.15) is 4.98 Å². The Morgan fingerprint density at radius 2 is 2.33 bits per heavy atom. The molecule has 2 aromatic rings. The topological polar surface area (TPSA) is 88.3 Å². The number of amides is 1. The quantitative estimate of drug-likeness (QED) is 0.843. The fourth-order valence-corrected chi connectivity index (χ4v) is 1.53. The standard InChI is InChI=1S/C12H13N3O3/c1-8-3-2-4-9(11(8)16)12(17)13-6-5-10-14-7-15-18-10/h2-4,7,16H,5-6H2,1H3,(H,13,17). The zero-order valence-corrected chi connectivity index (χ0v) is 9.88. The van der Waals surface area contributed by atoms with Crippen molar-refractivity contribution in [1.82, 2.24) is 15.5 Å². The second kappa shape index (κ2) is 5.31. The molecule has 0 aliphatic carbocycles. The average molecular weight is 247 g/mol. The highest BCUT2D eigenvalue weighted by Gasteiger charge is 2.12. The molecule has 94 valence electrons. The van der Waals surface area contributed by atoms with E-state index in [0.29, 0.717) is 24.4 Å². The van der Waals surface area contributed by atoms with Gasteiger partial charge in [-0.3, -0.25) is 4.79 Å². The molecule has 0 fully saturated rings. The Morgan fingerprint density at radius 3 is 3.06 bits per heavy atom. The number of benzene rings is 1. The Bertz CT molecular complexity index is 538. The monoisotopic (exact) mass is 247 g/mol. The zero-order valence-electron chi connectivity index (χ0n) is 9.88. The maximum Gasteiger partial charge on any atom is 0.255 e. The highest BCUT2D eigenvalue weighted by atomic mass is 16.5. The van der Waals surface area contributed by atoms with E-state index in [-0.39, 0.29) is 17.2 Å². The third-order valence-electron chi connectivity index (χ3n) is 2.51. The van der Waals surface area contributed by atoms with Crippen LogP contribution in [-0.4, -0.2) is 27.7 Å². The Kier molecular flexibility index (Phi) is 3.57. The van der Waals surface area contributed by atoms with Crippen molar-refractivity contribution in [2.75, 3.05) is 6.54 Å². The number of hydrogen-bond donors (Lipinski definition) is 2. The summed E-state index contributed by atoms with van der Waals surface area (Å²) in [5, 5.41) is 15.9. The number of aromatic nitrogens is 2. The van der Waals surface area contributed by atoms with Crippen LogP contribution in [0.5, 0.6) is 5.75 Å². The third kappa shape index (κ3) is 2.65. The predicted octanol–water partition coefficient (Wildman–Crippen LogP) is 1.06. The van der Waals surface area contributed by atoms with E-state index in [1.807, 2.05) is 0 Å². The van der Waals surface area contributed by atoms with Crippen LogP contribution in [0, 0.1) is 6.92 Å². The molecule has 0 bridgehead atoms. The second-order valence-corrected chi connectivity index (χ2v) is 3.81. The van der Waals surface area contributed by atoms with Gasteiger partial charge in [0.25, 0.3) is 5.91 Å². The second-order valence-electron chi connectivity index (χ2n) is 3.81. The summed E-state index contributed by atoms with van der Waals surface area (Å²) in [5.41, 5.74) is 0.931. The smallest absolute Gasteiger partial charge is 0.255 e. The van der Waals surface area contributed by atoms with Gasteiger partial charge in [-0.05, 0) is 18.6 Å². The number of phenolic OH excluding ortho intramolecular Hbond substituents is 1. The van der Waals surface area contributed by atoms with Gasteiger partial charge in [-0.15, -0.1) is 0 Å². The van der Waals surface area contributed by atoms with Crippen molar-refractivity contribution in [3.63, 3.8) is 0 Å². The molecule has 0 atom stereocenters. The van der Waals surface area contributed by atoms with Crippen LogP contribution in [0.1, 0.15) is 21.8 Å². The number of phenols is 1. The van der Waals surface area contributed by atoms with Crippen molar-refractivity contribution in [1.29, 1.82) is 0 Å². The molecular formula is C12H13N3O3. The van der Waals surface area contributed by atoms with Gasteiger partial charge in [0.2, 0.25) is 5.89 Å². The molecule has 0 saturated carbocycles. The molecule has 0 saturated heterocycles. The molecule has 6 heteroatoms. The summed E-state index contributed by atoms with van der Waals surface area (Å²) in [6.45, 7) is 2.11. The Hall–Kier alpha value is -2.37. The molecule has 0 radical (unpaired) electrons. The van der Waals surface area contributed by atoms with Gasteiger partial charge in [-0.1, -0.05) is 17.3 Å². The number of carbonyl (C=O) groups is 1. The minimum atomic E-state index is -0.323. The molecule has 2 rings (SSSR count). The first kappa shape index (κ1) is 12.1. The van der Waals surface area contributed by atoms with E-state index in [4.69, 9.17) is 4.52 Å². The van der Waals surface area contributed by atoms with Crippen molar-refractivity contribution in [2.24, 2.45) is 0 Å². The predicted molar refractivity (Wildman–Crippen MR) is 63.2 cm³/mol. The summed E-state index contributed by atoms with van der Waals surface area (Å²) in [4.78, 5) is 15.6. The summed E-state index contributed by atoms with van der Waals surface area (Å²) in [6.07, 6.45) is 1.77. The molecule has 2 N–H and O–H groups in total. The zero-order chi connectivity index (χ0) is 13.0. The highest BCUT2D eigenvalue weighted by molar-refractivity contribution is 5.97. The number of para-hydroxylation sites is 1. The van der Waals surface area contributed by atoms with Gasteiger partial charge in [0.05, 0.1) is 5.56 Å². The van der Waals surface area contributed by atoms with Crippen LogP contribution in [0.4, 0.5) is 0 Å². The summed E-state index contributed by atoms with van der Waals surface area (Å²) < 4.78 is 4.80. The largest absolute Gasteiger partial charge is 0.507 e. The lowest BCUT2D eigenvalue weighted by Crippen LogP contribution is -2.25. The van der Waals surface area contributed by atoms with Crippen LogP contribution in [0.25, 0.3) is 0 Å². The first-order valence-corrected chi connectivity index (χ1v) is 5.51. The van der Waals surface area contributed by atoms with Crippen LogP contribution in [0.2, 0.25) is 0 Å². The first-order valence-electron chi connectivity index (χ1n) is 5.51. The van der Waals surface area contributed by atoms with Crippen LogP contribution in [0.3, 0.4) is 0 Å². The Morgan fingerprint density at radius 1 is 1.50 bits per heavy atom. The van der Waals surface area contributed by atoms with Crippen molar-refractivity contribution >= 4 is 5.91 Å². The third-order valence-corrected chi connectivity index (χ3v) is 2.51. The maximum atomic E-state index is 11.8. The molecule has 18 heavy (non-hydrogen) atoms. The summed E-state index contributed by atoms with van der Waals surface area (Å²) >= 11 is 0. The number of aryl methyl sites for hydroxylation is 1. The molecule has 0 aliphatic rings. The molecule has 1 aromatic carbocycles. The molecule has 0 aliphatic heterocycles. The number of hydrogen-bond acceptors (Lipinski definition) is 5. The number of rotatable bonds is 4. The van der Waals surface area contributed by atoms with Crippen LogP contribution in [0.15, 0.2) is 29.0 Å². The van der Waals surface area contributed by atoms with E-state index in [2.05, 4.69) is 15.5 Å². The van der Waals surface area contributed by atoms with E-state index in [1.54, 1.807) is 25.1 Å². The molecule has 0 unspecified atom stereocenters. The van der Waals surface area contributed by atoms with Gasteiger partial charge in [0.15, 0.2) is 6.33 Å². The van der Waals surface area contributed by atoms with E-state index in [1.165, 1.54) is 6.33 Å². The molecule has 1 aromatic heterocycles. The summed E-state index contributed by atoms with van der Waals surface area (Å²) in [7, 11) is 0. The highest BCUT2D eigenvalue weighted by Crippen LogP contribution is 2.20. The van der Waals surface area contributed by atoms with Crippen molar-refractivity contribution < 1.29 is 14.4 Å². The average Bonchev–Trinajstić information content (AvgIpc) is 2.85. The fourth-order valence-electron chi connectivity index (χ4n) is 1.53. The van der Waals surface area contributed by atoms with Crippen molar-refractivity contribution in [3.05, 3.63) is 41.5 Å². The van der Waals surface area contributed by atoms with Gasteiger partial charge in [-0.25, -0.2) is 0 Å². The molecule has 6 nitrogen and oxygen atoms in total. The molecule has 0 spiro atoms. The minimum absolute atomic E-state index is 0.00721. The van der Waals surface area contributed by atoms with Crippen LogP contribution in [-0.2, 0) is 6.42 Å². The van der Waals surface area contributed by atoms with E-state index in [0.717, 1.165) is 0 Å². The van der Waals surface area contributed by atoms with E-state index < -0.39 is 0 Å². The van der Waals surface area contributed by atoms with E-state index >= 15 is 0 Å². The number of aromatic hydroxyl groups is 1. The molecule has 1 heterocycles. The number of carbonyl (C=O) groups excluding carboxylic acids is 1. The van der Waals surface area contributed by atoms with E-state index in [9.17, 15) is 9.90 Å². The SMILES string of the molecule is Cc1cccc(C(=O)NCCc2ncno2)c1O. The lowest BCUT2D eigenvalue weighted by Gasteiger charge is -2.07. The van der Waals surface area contributed by atoms with Crippen molar-refractivity contribution in [3.8, 4) is 5.75 Å². The van der Waals surface area contributed by atoms with Gasteiger partial charge < -0.3 is 14.9 Å². The van der Waals surface area contributed by atoms with Gasteiger partial charge in [0.1, 0.15) is 5.75 Å². The number of nitrogens with one attached hydrogen (secondary N) is 1. The molecule has 1 amide bonds. The minimum Gasteiger partial charge on any atom is -0.507 e. The number of nitrogens with zero attached hydrogens (tertiary/aromatic N) is 2. The fraction of sp³-hybridized carbons (Fsp3) is 0.250. The maximum absolute atomic E-state index is 11.8. The lowest BCUT2D eigenvalue weighted by molar-refractivity contribution is 0.0950. The lowest BCUT2D eigenvalue weighted by atomic mass is 10.1. The summed E-state index contributed by atoms with van der Waals surface area (Å²) in [5.74, 6) is 0.146. The molecular weight excluding hydrogens is 234 g/mol. The van der Waals surface area contributed by atoms with Gasteiger partial charge in [0, 0.05) is 13.0 Å². The normalized spacial score (nSPS) is 10.3. The Balaban J connectivity index is 1.93. The van der Waals surface area contributed by atoms with Crippen LogP contribution >= 0.6 is 0 Å². The summed E-state index contributed by atoms with van der Waals surface area (Å²) in [6, 6.07) is 5.04. The van der Waals surface area contributed by atoms with Gasteiger partial charge >= 0.3 is 0 Å².